The van der Waals surface area contributed by atoms with Gasteiger partial charge in [0.1, 0.15) is 0 Å². The molecule has 2 heteroatoms. The van der Waals surface area contributed by atoms with Crippen LogP contribution in [0.1, 0.15) is 65.7 Å². The van der Waals surface area contributed by atoms with E-state index in [0.717, 1.165) is 31.5 Å². The predicted octanol–water partition coefficient (Wildman–Crippen LogP) is 4.00. The molecular weight excluding hydrogens is 222 g/mol. The second kappa shape index (κ2) is 9.80. The molecule has 0 aromatic carbocycles. The third-order valence-corrected chi connectivity index (χ3v) is 3.83. The summed E-state index contributed by atoms with van der Waals surface area (Å²) in [5.41, 5.74) is 0. The van der Waals surface area contributed by atoms with Gasteiger partial charge in [-0.05, 0) is 37.6 Å². The van der Waals surface area contributed by atoms with E-state index in [1.165, 1.54) is 44.9 Å². The third-order valence-electron chi connectivity index (χ3n) is 3.83. The Hall–Kier alpha value is -0.0800. The van der Waals surface area contributed by atoms with Crippen molar-refractivity contribution in [3.05, 3.63) is 0 Å². The zero-order valence-electron chi connectivity index (χ0n) is 12.7. The quantitative estimate of drug-likeness (QED) is 0.672. The zero-order valence-corrected chi connectivity index (χ0v) is 12.7. The van der Waals surface area contributed by atoms with Crippen molar-refractivity contribution < 1.29 is 4.74 Å². The molecule has 108 valence electrons. The van der Waals surface area contributed by atoms with Crippen molar-refractivity contribution in [2.75, 3.05) is 19.7 Å². The van der Waals surface area contributed by atoms with Gasteiger partial charge in [-0.25, -0.2) is 0 Å². The largest absolute Gasteiger partial charge is 0.377 e. The maximum Gasteiger partial charge on any atom is 0.0699 e. The van der Waals surface area contributed by atoms with Crippen molar-refractivity contribution in [1.29, 1.82) is 0 Å². The first kappa shape index (κ1) is 16.0. The molecule has 1 aliphatic rings. The van der Waals surface area contributed by atoms with Crippen LogP contribution in [0.25, 0.3) is 0 Å². The minimum atomic E-state index is 0.427. The first-order valence-electron chi connectivity index (χ1n) is 8.04. The molecular formula is C16H33NO. The summed E-state index contributed by atoms with van der Waals surface area (Å²) < 4.78 is 6.14. The van der Waals surface area contributed by atoms with Gasteiger partial charge in [0.2, 0.25) is 0 Å². The highest BCUT2D eigenvalue weighted by Crippen LogP contribution is 2.24. The third kappa shape index (κ3) is 7.38. The van der Waals surface area contributed by atoms with Gasteiger partial charge in [-0.1, -0.05) is 46.5 Å². The van der Waals surface area contributed by atoms with E-state index >= 15 is 0 Å². The monoisotopic (exact) mass is 255 g/mol. The van der Waals surface area contributed by atoms with Crippen LogP contribution in [-0.2, 0) is 4.74 Å². The van der Waals surface area contributed by atoms with Crippen molar-refractivity contribution in [2.24, 2.45) is 11.8 Å². The van der Waals surface area contributed by atoms with E-state index in [1.807, 2.05) is 0 Å². The van der Waals surface area contributed by atoms with Gasteiger partial charge in [0, 0.05) is 13.2 Å². The minimum absolute atomic E-state index is 0.427. The summed E-state index contributed by atoms with van der Waals surface area (Å²) in [5.74, 6) is 1.56. The number of nitrogens with one attached hydrogen (secondary N) is 1. The van der Waals surface area contributed by atoms with E-state index < -0.39 is 0 Å². The number of rotatable bonds is 9. The smallest absolute Gasteiger partial charge is 0.0699 e. The van der Waals surface area contributed by atoms with Crippen molar-refractivity contribution in [3.63, 3.8) is 0 Å². The highest BCUT2D eigenvalue weighted by molar-refractivity contribution is 4.68. The fraction of sp³-hybridized carbons (Fsp3) is 1.00. The van der Waals surface area contributed by atoms with Gasteiger partial charge < -0.3 is 10.1 Å². The molecule has 1 fully saturated rings. The number of ether oxygens (including phenoxy) is 1. The van der Waals surface area contributed by atoms with E-state index in [-0.39, 0.29) is 0 Å². The molecule has 1 unspecified atom stereocenters. The SMILES string of the molecule is CCCC(CNCC(C)C)OCC1CCCCC1. The lowest BCUT2D eigenvalue weighted by Crippen LogP contribution is -2.32. The van der Waals surface area contributed by atoms with Crippen LogP contribution in [0, 0.1) is 11.8 Å². The van der Waals surface area contributed by atoms with Crippen LogP contribution in [0.2, 0.25) is 0 Å². The van der Waals surface area contributed by atoms with Crippen LogP contribution in [0.15, 0.2) is 0 Å². The Morgan fingerprint density at radius 1 is 1.11 bits per heavy atom. The van der Waals surface area contributed by atoms with Gasteiger partial charge in [0.25, 0.3) is 0 Å². The molecule has 1 atom stereocenters. The van der Waals surface area contributed by atoms with E-state index in [0.29, 0.717) is 6.10 Å². The summed E-state index contributed by atoms with van der Waals surface area (Å²) in [6.07, 6.45) is 9.88. The summed E-state index contributed by atoms with van der Waals surface area (Å²) in [6.45, 7) is 9.88. The van der Waals surface area contributed by atoms with E-state index in [4.69, 9.17) is 4.74 Å². The first-order chi connectivity index (χ1) is 8.72. The molecule has 0 radical (unpaired) electrons. The average molecular weight is 255 g/mol. The van der Waals surface area contributed by atoms with E-state index in [1.54, 1.807) is 0 Å². The molecule has 1 rings (SSSR count). The molecule has 0 aliphatic heterocycles. The van der Waals surface area contributed by atoms with E-state index in [2.05, 4.69) is 26.1 Å². The van der Waals surface area contributed by atoms with Crippen LogP contribution in [0.5, 0.6) is 0 Å². The van der Waals surface area contributed by atoms with Gasteiger partial charge in [-0.3, -0.25) is 0 Å². The number of hydrogen-bond donors (Lipinski definition) is 1. The summed E-state index contributed by atoms with van der Waals surface area (Å²) >= 11 is 0. The lowest BCUT2D eigenvalue weighted by atomic mass is 9.90. The Kier molecular flexibility index (Phi) is 8.70. The Morgan fingerprint density at radius 3 is 2.44 bits per heavy atom. The van der Waals surface area contributed by atoms with Crippen LogP contribution < -0.4 is 5.32 Å². The molecule has 0 bridgehead atoms. The Morgan fingerprint density at radius 2 is 1.83 bits per heavy atom. The van der Waals surface area contributed by atoms with Gasteiger partial charge in [-0.2, -0.15) is 0 Å². The van der Waals surface area contributed by atoms with Crippen LogP contribution in [0.3, 0.4) is 0 Å². The molecule has 1 aliphatic carbocycles. The summed E-state index contributed by atoms with van der Waals surface area (Å²) in [4.78, 5) is 0. The molecule has 18 heavy (non-hydrogen) atoms. The second-order valence-corrected chi connectivity index (χ2v) is 6.30. The molecule has 0 aromatic rings. The molecule has 0 aromatic heterocycles. The molecule has 2 nitrogen and oxygen atoms in total. The molecule has 0 heterocycles. The van der Waals surface area contributed by atoms with Crippen molar-refractivity contribution in [1.82, 2.24) is 5.32 Å². The van der Waals surface area contributed by atoms with Gasteiger partial charge in [0.15, 0.2) is 0 Å². The van der Waals surface area contributed by atoms with Crippen LogP contribution in [-0.4, -0.2) is 25.8 Å². The predicted molar refractivity (Wildman–Crippen MR) is 78.9 cm³/mol. The average Bonchev–Trinajstić information content (AvgIpc) is 2.37. The fourth-order valence-corrected chi connectivity index (χ4v) is 2.73. The number of hydrogen-bond acceptors (Lipinski definition) is 2. The molecule has 1 saturated carbocycles. The Labute approximate surface area is 114 Å². The fourth-order valence-electron chi connectivity index (χ4n) is 2.73. The molecule has 0 amide bonds. The topological polar surface area (TPSA) is 21.3 Å². The first-order valence-corrected chi connectivity index (χ1v) is 8.04. The highest BCUT2D eigenvalue weighted by Gasteiger charge is 2.16. The highest BCUT2D eigenvalue weighted by atomic mass is 16.5. The summed E-state index contributed by atoms with van der Waals surface area (Å²) in [6, 6.07) is 0. The lowest BCUT2D eigenvalue weighted by Gasteiger charge is -2.25. The summed E-state index contributed by atoms with van der Waals surface area (Å²) in [5, 5.41) is 3.53. The van der Waals surface area contributed by atoms with Crippen molar-refractivity contribution in [2.45, 2.75) is 71.8 Å². The molecule has 0 spiro atoms. The maximum atomic E-state index is 6.14. The normalized spacial score (nSPS) is 19.3. The Bertz CT molecular complexity index is 188. The summed E-state index contributed by atoms with van der Waals surface area (Å²) in [7, 11) is 0. The van der Waals surface area contributed by atoms with Crippen molar-refractivity contribution >= 4 is 0 Å². The van der Waals surface area contributed by atoms with E-state index in [9.17, 15) is 0 Å². The van der Waals surface area contributed by atoms with Crippen molar-refractivity contribution in [3.8, 4) is 0 Å². The minimum Gasteiger partial charge on any atom is -0.377 e. The lowest BCUT2D eigenvalue weighted by molar-refractivity contribution is 0.0160. The van der Waals surface area contributed by atoms with Crippen LogP contribution in [0.4, 0.5) is 0 Å². The molecule has 0 saturated heterocycles. The molecule has 1 N–H and O–H groups in total. The zero-order chi connectivity index (χ0) is 13.2. The van der Waals surface area contributed by atoms with Crippen LogP contribution >= 0.6 is 0 Å². The standard InChI is InChI=1S/C16H33NO/c1-4-8-16(12-17-11-14(2)3)18-13-15-9-6-5-7-10-15/h14-17H,4-13H2,1-3H3. The van der Waals surface area contributed by atoms with Gasteiger partial charge >= 0.3 is 0 Å². The van der Waals surface area contributed by atoms with Gasteiger partial charge in [-0.15, -0.1) is 0 Å². The second-order valence-electron chi connectivity index (χ2n) is 6.30. The Balaban J connectivity index is 2.15. The maximum absolute atomic E-state index is 6.14. The van der Waals surface area contributed by atoms with Gasteiger partial charge in [0.05, 0.1) is 6.10 Å².